The molecule has 0 aliphatic carbocycles. The SMILES string of the molecule is C/C=C\C(=C/CC)CNCC(C)(CCCC)NC. The van der Waals surface area contributed by atoms with Crippen molar-refractivity contribution in [2.24, 2.45) is 0 Å². The smallest absolute Gasteiger partial charge is 0.0275 e. The molecule has 106 valence electrons. The summed E-state index contributed by atoms with van der Waals surface area (Å²) in [4.78, 5) is 0. The molecule has 1 unspecified atom stereocenters. The Bertz CT molecular complexity index is 256. The largest absolute Gasteiger partial charge is 0.313 e. The fraction of sp³-hybridized carbons (Fsp3) is 0.750. The number of nitrogens with one attached hydrogen (secondary N) is 2. The highest BCUT2D eigenvalue weighted by molar-refractivity contribution is 5.19. The van der Waals surface area contributed by atoms with Crippen molar-refractivity contribution in [2.75, 3.05) is 20.1 Å². The lowest BCUT2D eigenvalue weighted by atomic mass is 9.95. The monoisotopic (exact) mass is 252 g/mol. The van der Waals surface area contributed by atoms with Gasteiger partial charge in [0.2, 0.25) is 0 Å². The van der Waals surface area contributed by atoms with Crippen LogP contribution in [0, 0.1) is 0 Å². The molecule has 0 amide bonds. The molecule has 0 bridgehead atoms. The molecule has 0 saturated carbocycles. The summed E-state index contributed by atoms with van der Waals surface area (Å²) in [7, 11) is 2.06. The molecule has 0 aromatic carbocycles. The highest BCUT2D eigenvalue weighted by atomic mass is 15.0. The van der Waals surface area contributed by atoms with Crippen LogP contribution in [0.15, 0.2) is 23.8 Å². The molecule has 2 heteroatoms. The summed E-state index contributed by atoms with van der Waals surface area (Å²) < 4.78 is 0. The van der Waals surface area contributed by atoms with E-state index in [0.717, 1.165) is 19.5 Å². The summed E-state index contributed by atoms with van der Waals surface area (Å²) >= 11 is 0. The predicted molar refractivity (Wildman–Crippen MR) is 83.0 cm³/mol. The molecule has 0 spiro atoms. The molecule has 2 N–H and O–H groups in total. The molecule has 0 fully saturated rings. The first-order valence-corrected chi connectivity index (χ1v) is 7.33. The molecule has 0 saturated heterocycles. The summed E-state index contributed by atoms with van der Waals surface area (Å²) in [6.07, 6.45) is 11.5. The topological polar surface area (TPSA) is 24.1 Å². The van der Waals surface area contributed by atoms with E-state index in [4.69, 9.17) is 0 Å². The summed E-state index contributed by atoms with van der Waals surface area (Å²) in [5.74, 6) is 0. The Hall–Kier alpha value is -0.600. The fourth-order valence-corrected chi connectivity index (χ4v) is 2.03. The number of allylic oxidation sites excluding steroid dienone is 2. The van der Waals surface area contributed by atoms with Crippen molar-refractivity contribution in [3.8, 4) is 0 Å². The van der Waals surface area contributed by atoms with E-state index in [1.54, 1.807) is 0 Å². The predicted octanol–water partition coefficient (Wildman–Crippen LogP) is 3.66. The third-order valence-corrected chi connectivity index (χ3v) is 3.38. The lowest BCUT2D eigenvalue weighted by Gasteiger charge is -2.29. The Morgan fingerprint density at radius 1 is 1.28 bits per heavy atom. The number of hydrogen-bond acceptors (Lipinski definition) is 2. The minimum Gasteiger partial charge on any atom is -0.313 e. The maximum atomic E-state index is 3.57. The minimum atomic E-state index is 0.212. The van der Waals surface area contributed by atoms with E-state index >= 15 is 0 Å². The Labute approximate surface area is 114 Å². The van der Waals surface area contributed by atoms with Gasteiger partial charge in [-0.2, -0.15) is 0 Å². The molecule has 0 radical (unpaired) electrons. The Morgan fingerprint density at radius 3 is 2.50 bits per heavy atom. The molecular weight excluding hydrogens is 220 g/mol. The van der Waals surface area contributed by atoms with E-state index in [2.05, 4.69) is 63.6 Å². The molecule has 2 nitrogen and oxygen atoms in total. The number of rotatable bonds is 10. The Morgan fingerprint density at radius 2 is 2.00 bits per heavy atom. The van der Waals surface area contributed by atoms with E-state index < -0.39 is 0 Å². The van der Waals surface area contributed by atoms with Crippen LogP contribution >= 0.6 is 0 Å². The Kier molecular flexibility index (Phi) is 9.99. The first-order chi connectivity index (χ1) is 8.61. The second-order valence-corrected chi connectivity index (χ2v) is 5.21. The van der Waals surface area contributed by atoms with Gasteiger partial charge in [0.05, 0.1) is 0 Å². The average Bonchev–Trinajstić information content (AvgIpc) is 2.37. The second-order valence-electron chi connectivity index (χ2n) is 5.21. The van der Waals surface area contributed by atoms with Gasteiger partial charge in [-0.15, -0.1) is 0 Å². The van der Waals surface area contributed by atoms with Crippen LogP contribution in [0.3, 0.4) is 0 Å². The van der Waals surface area contributed by atoms with E-state index in [9.17, 15) is 0 Å². The average molecular weight is 252 g/mol. The van der Waals surface area contributed by atoms with Crippen molar-refractivity contribution in [1.82, 2.24) is 10.6 Å². The molecule has 0 aliphatic rings. The maximum absolute atomic E-state index is 3.57. The van der Waals surface area contributed by atoms with Crippen molar-refractivity contribution < 1.29 is 0 Å². The minimum absolute atomic E-state index is 0.212. The summed E-state index contributed by atoms with van der Waals surface area (Å²) in [6.45, 7) is 10.8. The molecule has 1 atom stereocenters. The molecule has 0 aromatic heterocycles. The van der Waals surface area contributed by atoms with Gasteiger partial charge in [-0.05, 0) is 39.3 Å². The third-order valence-electron chi connectivity index (χ3n) is 3.38. The van der Waals surface area contributed by atoms with Gasteiger partial charge in [-0.3, -0.25) is 0 Å². The van der Waals surface area contributed by atoms with Crippen molar-refractivity contribution in [2.45, 2.75) is 58.9 Å². The van der Waals surface area contributed by atoms with E-state index in [1.165, 1.54) is 24.8 Å². The lowest BCUT2D eigenvalue weighted by molar-refractivity contribution is 0.331. The molecule has 0 rings (SSSR count). The zero-order valence-corrected chi connectivity index (χ0v) is 13.0. The highest BCUT2D eigenvalue weighted by Gasteiger charge is 2.20. The standard InChI is InChI=1S/C16H32N2/c1-6-9-12-16(4,17-5)14-18-13-15(10-7-2)11-8-3/h7,10-11,17-18H,6,8-9,12-14H2,1-5H3/b10-7-,15-11+. The normalized spacial score (nSPS) is 16.2. The van der Waals surface area contributed by atoms with Gasteiger partial charge >= 0.3 is 0 Å². The number of unbranched alkanes of at least 4 members (excludes halogenated alkanes) is 1. The Balaban J connectivity index is 4.16. The van der Waals surface area contributed by atoms with Gasteiger partial charge < -0.3 is 10.6 Å². The first kappa shape index (κ1) is 17.4. The number of likely N-dealkylation sites (N-methyl/N-ethyl adjacent to an activating group) is 1. The fourth-order valence-electron chi connectivity index (χ4n) is 2.03. The van der Waals surface area contributed by atoms with Gasteiger partial charge in [0, 0.05) is 18.6 Å². The van der Waals surface area contributed by atoms with E-state index in [1.807, 2.05) is 0 Å². The molecule has 18 heavy (non-hydrogen) atoms. The van der Waals surface area contributed by atoms with Crippen LogP contribution in [-0.4, -0.2) is 25.7 Å². The van der Waals surface area contributed by atoms with Crippen molar-refractivity contribution in [3.05, 3.63) is 23.8 Å². The van der Waals surface area contributed by atoms with Crippen LogP contribution in [0.25, 0.3) is 0 Å². The van der Waals surface area contributed by atoms with Gasteiger partial charge in [-0.25, -0.2) is 0 Å². The van der Waals surface area contributed by atoms with Crippen molar-refractivity contribution >= 4 is 0 Å². The van der Waals surface area contributed by atoms with Crippen LogP contribution in [0.4, 0.5) is 0 Å². The lowest BCUT2D eigenvalue weighted by Crippen LogP contribution is -2.48. The van der Waals surface area contributed by atoms with Crippen molar-refractivity contribution in [1.29, 1.82) is 0 Å². The van der Waals surface area contributed by atoms with Crippen molar-refractivity contribution in [3.63, 3.8) is 0 Å². The van der Waals surface area contributed by atoms with Gasteiger partial charge in [0.25, 0.3) is 0 Å². The molecule has 0 aromatic rings. The molecule has 0 heterocycles. The van der Waals surface area contributed by atoms with Crippen LogP contribution in [0.5, 0.6) is 0 Å². The second kappa shape index (κ2) is 10.3. The van der Waals surface area contributed by atoms with Gasteiger partial charge in [0.15, 0.2) is 0 Å². The first-order valence-electron chi connectivity index (χ1n) is 7.33. The third kappa shape index (κ3) is 7.67. The zero-order valence-electron chi connectivity index (χ0n) is 13.0. The summed E-state index contributed by atoms with van der Waals surface area (Å²) in [6, 6.07) is 0. The van der Waals surface area contributed by atoms with Crippen LogP contribution < -0.4 is 10.6 Å². The van der Waals surface area contributed by atoms with Crippen LogP contribution in [0.1, 0.15) is 53.4 Å². The van der Waals surface area contributed by atoms with E-state index in [0.29, 0.717) is 0 Å². The quantitative estimate of drug-likeness (QED) is 0.580. The summed E-state index contributed by atoms with van der Waals surface area (Å²) in [5.41, 5.74) is 1.59. The maximum Gasteiger partial charge on any atom is 0.0275 e. The van der Waals surface area contributed by atoms with Gasteiger partial charge in [0.1, 0.15) is 0 Å². The van der Waals surface area contributed by atoms with Crippen LogP contribution in [-0.2, 0) is 0 Å². The summed E-state index contributed by atoms with van der Waals surface area (Å²) in [5, 5.41) is 7.02. The molecular formula is C16H32N2. The van der Waals surface area contributed by atoms with Gasteiger partial charge in [-0.1, -0.05) is 44.9 Å². The number of hydrogen-bond donors (Lipinski definition) is 2. The zero-order chi connectivity index (χ0) is 13.9. The van der Waals surface area contributed by atoms with Crippen LogP contribution in [0.2, 0.25) is 0 Å². The highest BCUT2D eigenvalue weighted by Crippen LogP contribution is 2.12. The van der Waals surface area contributed by atoms with E-state index in [-0.39, 0.29) is 5.54 Å². The molecule has 0 aliphatic heterocycles.